The van der Waals surface area contributed by atoms with Gasteiger partial charge in [-0.2, -0.15) is 13.2 Å². The number of benzene rings is 1. The number of nitrogens with zero attached hydrogens (tertiary/aromatic N) is 3. The first kappa shape index (κ1) is 23.5. The molecule has 1 aromatic heterocycles. The summed E-state index contributed by atoms with van der Waals surface area (Å²) in [5.74, 6) is -1.01. The lowest BCUT2D eigenvalue weighted by atomic mass is 10.0. The molecule has 3 heterocycles. The van der Waals surface area contributed by atoms with Crippen LogP contribution in [0.2, 0.25) is 0 Å². The summed E-state index contributed by atoms with van der Waals surface area (Å²) in [4.78, 5) is 43.8. The molecule has 180 valence electrons. The van der Waals surface area contributed by atoms with E-state index in [1.165, 1.54) is 9.80 Å². The number of carbonyl (C=O) groups excluding carboxylic acids is 3. The van der Waals surface area contributed by atoms with Gasteiger partial charge in [0.15, 0.2) is 6.04 Å². The van der Waals surface area contributed by atoms with E-state index in [1.807, 2.05) is 30.3 Å². The van der Waals surface area contributed by atoms with Crippen molar-refractivity contribution < 1.29 is 37.0 Å². The maximum atomic E-state index is 12.7. The van der Waals surface area contributed by atoms with Crippen LogP contribution in [0.4, 0.5) is 18.0 Å². The third-order valence-corrected chi connectivity index (χ3v) is 5.85. The topological polar surface area (TPSA) is 89.0 Å². The predicted molar refractivity (Wildman–Crippen MR) is 111 cm³/mol. The summed E-state index contributed by atoms with van der Waals surface area (Å²) in [6.45, 7) is 0.495. The minimum atomic E-state index is -4.58. The van der Waals surface area contributed by atoms with Crippen molar-refractivity contribution in [2.45, 2.75) is 37.7 Å². The van der Waals surface area contributed by atoms with Crippen molar-refractivity contribution in [3.63, 3.8) is 0 Å². The zero-order valence-electron chi connectivity index (χ0n) is 18.0. The van der Waals surface area contributed by atoms with Gasteiger partial charge in [0, 0.05) is 25.3 Å². The molecular formula is C23H22F3N3O5. The van der Waals surface area contributed by atoms with Crippen molar-refractivity contribution in [2.24, 2.45) is 0 Å². The number of ether oxygens (including phenoxy) is 2. The Kier molecular flexibility index (Phi) is 6.71. The highest BCUT2D eigenvalue weighted by Crippen LogP contribution is 2.28. The van der Waals surface area contributed by atoms with Crippen LogP contribution in [-0.4, -0.2) is 64.5 Å². The number of piperidine rings is 1. The van der Waals surface area contributed by atoms with Gasteiger partial charge in [0.25, 0.3) is 5.91 Å². The Hall–Kier alpha value is -3.63. The van der Waals surface area contributed by atoms with E-state index >= 15 is 0 Å². The van der Waals surface area contributed by atoms with E-state index in [0.717, 1.165) is 23.9 Å². The van der Waals surface area contributed by atoms with Crippen molar-refractivity contribution in [2.75, 3.05) is 19.7 Å². The number of alkyl halides is 3. The molecule has 0 N–H and O–H groups in total. The predicted octanol–water partition coefficient (Wildman–Crippen LogP) is 3.27. The Bertz CT molecular complexity index is 1040. The summed E-state index contributed by atoms with van der Waals surface area (Å²) in [6, 6.07) is 9.80. The maximum absolute atomic E-state index is 12.7. The van der Waals surface area contributed by atoms with Gasteiger partial charge in [-0.1, -0.05) is 30.3 Å². The minimum Gasteiger partial charge on any atom is -0.459 e. The van der Waals surface area contributed by atoms with Crippen molar-refractivity contribution in [3.05, 3.63) is 65.5 Å². The van der Waals surface area contributed by atoms with E-state index in [2.05, 4.69) is 4.98 Å². The van der Waals surface area contributed by atoms with Gasteiger partial charge in [-0.15, -0.1) is 0 Å². The van der Waals surface area contributed by atoms with Gasteiger partial charge >= 0.3 is 18.2 Å². The Morgan fingerprint density at radius 1 is 1.09 bits per heavy atom. The molecule has 2 aliphatic rings. The molecule has 1 aromatic carbocycles. The smallest absolute Gasteiger partial charge is 0.433 e. The molecule has 0 unspecified atom stereocenters. The largest absolute Gasteiger partial charge is 0.459 e. The highest BCUT2D eigenvalue weighted by molar-refractivity contribution is 5.94. The summed E-state index contributed by atoms with van der Waals surface area (Å²) >= 11 is 0. The molecule has 2 fully saturated rings. The second-order valence-corrected chi connectivity index (χ2v) is 8.05. The lowest BCUT2D eigenvalue weighted by Crippen LogP contribution is -2.52. The molecule has 11 heteroatoms. The van der Waals surface area contributed by atoms with Crippen molar-refractivity contribution in [3.8, 4) is 0 Å². The number of amides is 2. The number of likely N-dealkylation sites (tertiary alicyclic amines) is 1. The Labute approximate surface area is 193 Å². The molecule has 0 bridgehead atoms. The molecule has 2 amide bonds. The summed E-state index contributed by atoms with van der Waals surface area (Å²) in [7, 11) is 0. The van der Waals surface area contributed by atoms with Gasteiger partial charge in [-0.3, -0.25) is 14.7 Å². The van der Waals surface area contributed by atoms with Crippen LogP contribution in [0.15, 0.2) is 48.7 Å². The van der Waals surface area contributed by atoms with Gasteiger partial charge in [-0.25, -0.2) is 9.59 Å². The highest BCUT2D eigenvalue weighted by Gasteiger charge is 2.44. The summed E-state index contributed by atoms with van der Waals surface area (Å²) < 4.78 is 48.5. The second-order valence-electron chi connectivity index (χ2n) is 8.05. The number of aromatic nitrogens is 1. The van der Waals surface area contributed by atoms with Gasteiger partial charge in [0.1, 0.15) is 18.9 Å². The van der Waals surface area contributed by atoms with E-state index < -0.39 is 35.9 Å². The Balaban J connectivity index is 1.34. The lowest BCUT2D eigenvalue weighted by Gasteiger charge is -2.37. The summed E-state index contributed by atoms with van der Waals surface area (Å²) in [5.41, 5.74) is -0.202. The van der Waals surface area contributed by atoms with E-state index in [9.17, 15) is 27.6 Å². The molecule has 2 aromatic rings. The first-order chi connectivity index (χ1) is 16.2. The molecular weight excluding hydrogens is 455 g/mol. The fourth-order valence-corrected chi connectivity index (χ4v) is 4.06. The number of halogens is 3. The number of esters is 1. The molecule has 8 nitrogen and oxygen atoms in total. The van der Waals surface area contributed by atoms with Gasteiger partial charge in [0.05, 0.1) is 5.56 Å². The molecule has 0 spiro atoms. The number of rotatable bonds is 5. The molecule has 0 aliphatic carbocycles. The number of carbonyl (C=O) groups is 3. The Morgan fingerprint density at radius 2 is 1.79 bits per heavy atom. The third kappa shape index (κ3) is 5.13. The van der Waals surface area contributed by atoms with Crippen molar-refractivity contribution >= 4 is 18.0 Å². The molecule has 4 rings (SSSR count). The average Bonchev–Trinajstić information content (AvgIpc) is 3.24. The zero-order chi connectivity index (χ0) is 24.3. The van der Waals surface area contributed by atoms with Gasteiger partial charge in [-0.05, 0) is 30.5 Å². The van der Waals surface area contributed by atoms with Crippen LogP contribution in [0.5, 0.6) is 0 Å². The Morgan fingerprint density at radius 3 is 2.41 bits per heavy atom. The van der Waals surface area contributed by atoms with Crippen LogP contribution in [0.25, 0.3) is 0 Å². The van der Waals surface area contributed by atoms with Crippen LogP contribution < -0.4 is 0 Å². The fourth-order valence-electron chi connectivity index (χ4n) is 4.06. The number of hydrogen-bond acceptors (Lipinski definition) is 6. The van der Waals surface area contributed by atoms with Crippen LogP contribution in [0, 0.1) is 0 Å². The van der Waals surface area contributed by atoms with Crippen molar-refractivity contribution in [1.29, 1.82) is 0 Å². The van der Waals surface area contributed by atoms with Crippen LogP contribution >= 0.6 is 0 Å². The summed E-state index contributed by atoms with van der Waals surface area (Å²) in [6.07, 6.45) is -3.51. The molecule has 2 aliphatic heterocycles. The van der Waals surface area contributed by atoms with Gasteiger partial charge < -0.3 is 14.4 Å². The molecule has 0 saturated carbocycles. The highest BCUT2D eigenvalue weighted by atomic mass is 19.4. The van der Waals surface area contributed by atoms with E-state index in [1.54, 1.807) is 0 Å². The first-order valence-corrected chi connectivity index (χ1v) is 10.7. The van der Waals surface area contributed by atoms with Crippen LogP contribution in [0.1, 0.15) is 34.5 Å². The molecule has 2 saturated heterocycles. The molecule has 34 heavy (non-hydrogen) atoms. The maximum Gasteiger partial charge on any atom is 0.433 e. The lowest BCUT2D eigenvalue weighted by molar-refractivity contribution is -0.150. The average molecular weight is 477 g/mol. The van der Waals surface area contributed by atoms with Crippen LogP contribution in [-0.2, 0) is 27.1 Å². The van der Waals surface area contributed by atoms with Crippen LogP contribution in [0.3, 0.4) is 0 Å². The minimum absolute atomic E-state index is 0.0504. The van der Waals surface area contributed by atoms with E-state index in [0.29, 0.717) is 12.8 Å². The quantitative estimate of drug-likeness (QED) is 0.615. The normalized spacial score (nSPS) is 19.1. The van der Waals surface area contributed by atoms with Gasteiger partial charge in [0.2, 0.25) is 0 Å². The zero-order valence-corrected chi connectivity index (χ0v) is 18.0. The SMILES string of the molecule is O=C(OCc1ccccc1)[C@@H]1COC(=O)N1C1CCN(C(=O)c2ccc(C(F)(F)F)nc2)CC1. The second kappa shape index (κ2) is 9.70. The van der Waals surface area contributed by atoms with Crippen molar-refractivity contribution in [1.82, 2.24) is 14.8 Å². The van der Waals surface area contributed by atoms with E-state index in [4.69, 9.17) is 9.47 Å². The fraction of sp³-hybridized carbons (Fsp3) is 0.391. The number of pyridine rings is 1. The molecule has 1 atom stereocenters. The monoisotopic (exact) mass is 477 g/mol. The summed E-state index contributed by atoms with van der Waals surface area (Å²) in [5, 5.41) is 0. The number of hydrogen-bond donors (Lipinski definition) is 0. The first-order valence-electron chi connectivity index (χ1n) is 10.7. The van der Waals surface area contributed by atoms with E-state index in [-0.39, 0.29) is 37.9 Å². The molecule has 0 radical (unpaired) electrons. The number of cyclic esters (lactones) is 1. The standard InChI is InChI=1S/C23H22F3N3O5/c24-23(25,26)19-7-6-16(12-27-19)20(30)28-10-8-17(9-11-28)29-18(14-34-22(29)32)21(31)33-13-15-4-2-1-3-5-15/h1-7,12,17-18H,8-11,13-14H2/t18-/m0/s1. The third-order valence-electron chi connectivity index (χ3n) is 5.85.